The summed E-state index contributed by atoms with van der Waals surface area (Å²) in [5.74, 6) is 6.93. The lowest BCUT2D eigenvalue weighted by atomic mass is 10.4. The van der Waals surface area contributed by atoms with Crippen LogP contribution in [-0.2, 0) is 28.6 Å². The minimum atomic E-state index is -0.910. The second kappa shape index (κ2) is 17.5. The highest BCUT2D eigenvalue weighted by atomic mass is 32.2. The molecule has 0 aliphatic rings. The third kappa shape index (κ3) is 16.1. The molecule has 0 aliphatic carbocycles. The summed E-state index contributed by atoms with van der Waals surface area (Å²) >= 11 is 3.66. The Bertz CT molecular complexity index is 564. The molecule has 0 unspecified atom stereocenters. The molecule has 0 radical (unpaired) electrons. The molecule has 0 heterocycles. The Morgan fingerprint density at radius 1 is 0.704 bits per heavy atom. The van der Waals surface area contributed by atoms with Gasteiger partial charge in [0.15, 0.2) is 6.10 Å². The van der Waals surface area contributed by atoms with Crippen LogP contribution in [0.5, 0.6) is 0 Å². The van der Waals surface area contributed by atoms with Gasteiger partial charge in [-0.25, -0.2) is 0 Å². The van der Waals surface area contributed by atoms with Crippen LogP contribution in [0.3, 0.4) is 0 Å². The van der Waals surface area contributed by atoms with Gasteiger partial charge in [-0.3, -0.25) is 14.4 Å². The highest BCUT2D eigenvalue weighted by Crippen LogP contribution is 2.06. The minimum absolute atomic E-state index is 0.0403. The number of esters is 3. The number of hydrogen-bond donors (Lipinski definition) is 0. The maximum Gasteiger partial charge on any atom is 0.316 e. The molecule has 0 amide bonds. The van der Waals surface area contributed by atoms with Crippen LogP contribution < -0.4 is 0 Å². The van der Waals surface area contributed by atoms with Crippen molar-refractivity contribution in [2.45, 2.75) is 6.10 Å². The van der Waals surface area contributed by atoms with Gasteiger partial charge in [0.1, 0.15) is 13.2 Å². The maximum absolute atomic E-state index is 11.8. The van der Waals surface area contributed by atoms with Crippen molar-refractivity contribution >= 4 is 53.2 Å². The van der Waals surface area contributed by atoms with Gasteiger partial charge in [-0.05, 0) is 0 Å². The predicted octanol–water partition coefficient (Wildman–Crippen LogP) is 1.08. The summed E-state index contributed by atoms with van der Waals surface area (Å²) in [6.45, 7) is -0.461. The summed E-state index contributed by atoms with van der Waals surface area (Å²) in [4.78, 5) is 35.0. The third-order valence-electron chi connectivity index (χ3n) is 2.37. The molecule has 27 heavy (non-hydrogen) atoms. The Labute approximate surface area is 172 Å². The van der Waals surface area contributed by atoms with E-state index in [1.165, 1.54) is 35.3 Å². The molecular weight excluding hydrogens is 408 g/mol. The molecule has 0 aromatic rings. The quantitative estimate of drug-likeness (QED) is 0.175. The van der Waals surface area contributed by atoms with E-state index in [1.54, 1.807) is 0 Å². The Morgan fingerprint density at radius 3 is 1.44 bits per heavy atom. The van der Waals surface area contributed by atoms with Crippen molar-refractivity contribution in [2.75, 3.05) is 47.7 Å². The monoisotopic (exact) mass is 428 g/mol. The van der Waals surface area contributed by atoms with Crippen LogP contribution in [-0.4, -0.2) is 71.7 Å². The molecule has 0 bridgehead atoms. The molecule has 0 spiro atoms. The van der Waals surface area contributed by atoms with E-state index in [1.807, 2.05) is 0 Å². The van der Waals surface area contributed by atoms with E-state index in [4.69, 9.17) is 33.5 Å². The Kier molecular flexibility index (Phi) is 16.3. The summed E-state index contributed by atoms with van der Waals surface area (Å²) in [6.07, 6.45) is 14.4. The topological polar surface area (TPSA) is 78.9 Å². The first-order chi connectivity index (χ1) is 13.0. The lowest BCUT2D eigenvalue weighted by Crippen LogP contribution is -2.32. The largest absolute Gasteiger partial charge is 0.461 e. The van der Waals surface area contributed by atoms with Crippen molar-refractivity contribution in [2.24, 2.45) is 0 Å². The SMILES string of the molecule is C#CCSCC(=O)OCC(COC(=O)CSCC#C)OC(=O)CSCC#C. The van der Waals surface area contributed by atoms with E-state index < -0.39 is 24.0 Å². The van der Waals surface area contributed by atoms with Crippen molar-refractivity contribution < 1.29 is 28.6 Å². The highest BCUT2D eigenvalue weighted by Gasteiger charge is 2.19. The lowest BCUT2D eigenvalue weighted by Gasteiger charge is -2.18. The van der Waals surface area contributed by atoms with Gasteiger partial charge in [0.25, 0.3) is 0 Å². The van der Waals surface area contributed by atoms with Crippen molar-refractivity contribution in [3.05, 3.63) is 0 Å². The van der Waals surface area contributed by atoms with E-state index >= 15 is 0 Å². The first-order valence-electron chi connectivity index (χ1n) is 7.57. The fraction of sp³-hybridized carbons (Fsp3) is 0.500. The van der Waals surface area contributed by atoms with Crippen LogP contribution in [0.4, 0.5) is 0 Å². The number of carbonyl (C=O) groups is 3. The number of ether oxygens (including phenoxy) is 3. The molecule has 0 aliphatic heterocycles. The van der Waals surface area contributed by atoms with Crippen LogP contribution >= 0.6 is 35.3 Å². The van der Waals surface area contributed by atoms with Gasteiger partial charge in [0.05, 0.1) is 34.5 Å². The molecule has 0 rings (SSSR count). The summed E-state index contributed by atoms with van der Waals surface area (Å²) in [5, 5.41) is 0. The number of rotatable bonds is 14. The van der Waals surface area contributed by atoms with Crippen LogP contribution in [0.2, 0.25) is 0 Å². The van der Waals surface area contributed by atoms with Crippen molar-refractivity contribution in [1.29, 1.82) is 0 Å². The molecule has 0 N–H and O–H groups in total. The zero-order chi connectivity index (χ0) is 20.3. The Balaban J connectivity index is 4.43. The van der Waals surface area contributed by atoms with Gasteiger partial charge >= 0.3 is 17.9 Å². The number of terminal acetylenes is 3. The van der Waals surface area contributed by atoms with Crippen molar-refractivity contribution in [3.63, 3.8) is 0 Å². The molecule has 146 valence electrons. The Hall–Kier alpha value is -1.86. The normalized spacial score (nSPS) is 9.56. The average Bonchev–Trinajstić information content (AvgIpc) is 2.64. The predicted molar refractivity (Wildman–Crippen MR) is 110 cm³/mol. The fourth-order valence-corrected chi connectivity index (χ4v) is 2.77. The van der Waals surface area contributed by atoms with Gasteiger partial charge in [0, 0.05) is 0 Å². The zero-order valence-electron chi connectivity index (χ0n) is 14.6. The Morgan fingerprint density at radius 2 is 1.07 bits per heavy atom. The van der Waals surface area contributed by atoms with Crippen LogP contribution in [0.25, 0.3) is 0 Å². The minimum Gasteiger partial charge on any atom is -0.461 e. The standard InChI is InChI=1S/C18H20O6S3/c1-4-7-25-12-16(19)22-10-15(24-18(21)14-27-9-6-3)11-23-17(20)13-26-8-5-2/h1-3,15H,7-14H2. The highest BCUT2D eigenvalue weighted by molar-refractivity contribution is 8.00. The van der Waals surface area contributed by atoms with Gasteiger partial charge in [-0.1, -0.05) is 17.8 Å². The van der Waals surface area contributed by atoms with Crippen LogP contribution in [0.1, 0.15) is 0 Å². The molecule has 0 atom stereocenters. The number of carbonyl (C=O) groups excluding carboxylic acids is 3. The van der Waals surface area contributed by atoms with Gasteiger partial charge < -0.3 is 14.2 Å². The molecule has 0 saturated heterocycles. The van der Waals surface area contributed by atoms with E-state index in [2.05, 4.69) is 17.8 Å². The molecule has 0 fully saturated rings. The summed E-state index contributed by atoms with van der Waals surface area (Å²) in [6, 6.07) is 0. The molecule has 9 heteroatoms. The number of hydrogen-bond acceptors (Lipinski definition) is 9. The summed E-state index contributed by atoms with van der Waals surface area (Å²) in [7, 11) is 0. The van der Waals surface area contributed by atoms with E-state index in [-0.39, 0.29) is 30.5 Å². The smallest absolute Gasteiger partial charge is 0.316 e. The molecule has 6 nitrogen and oxygen atoms in total. The fourth-order valence-electron chi connectivity index (χ4n) is 1.37. The second-order valence-corrected chi connectivity index (χ2v) is 7.53. The molecular formula is C18H20O6S3. The van der Waals surface area contributed by atoms with Gasteiger partial charge in [-0.2, -0.15) is 0 Å². The second-order valence-electron chi connectivity index (χ2n) is 4.57. The molecule has 0 saturated carbocycles. The van der Waals surface area contributed by atoms with Gasteiger partial charge in [0.2, 0.25) is 0 Å². The number of thioether (sulfide) groups is 3. The van der Waals surface area contributed by atoms with Crippen molar-refractivity contribution in [1.82, 2.24) is 0 Å². The van der Waals surface area contributed by atoms with E-state index in [0.717, 1.165) is 0 Å². The van der Waals surface area contributed by atoms with Crippen molar-refractivity contribution in [3.8, 4) is 37.0 Å². The average molecular weight is 429 g/mol. The zero-order valence-corrected chi connectivity index (χ0v) is 17.1. The first-order valence-corrected chi connectivity index (χ1v) is 11.0. The van der Waals surface area contributed by atoms with Crippen LogP contribution in [0.15, 0.2) is 0 Å². The van der Waals surface area contributed by atoms with E-state index in [9.17, 15) is 14.4 Å². The molecule has 0 aromatic carbocycles. The van der Waals surface area contributed by atoms with Crippen LogP contribution in [0, 0.1) is 37.0 Å². The van der Waals surface area contributed by atoms with E-state index in [0.29, 0.717) is 17.3 Å². The van der Waals surface area contributed by atoms with Gasteiger partial charge in [-0.15, -0.1) is 54.6 Å². The third-order valence-corrected chi connectivity index (χ3v) is 4.81. The first kappa shape index (κ1) is 25.1. The maximum atomic E-state index is 11.8. The lowest BCUT2D eigenvalue weighted by molar-refractivity contribution is -0.163. The summed E-state index contributed by atoms with van der Waals surface area (Å²) in [5.41, 5.74) is 0. The molecule has 0 aromatic heterocycles. The summed E-state index contributed by atoms with van der Waals surface area (Å²) < 4.78 is 15.3.